The molecule has 1 N–H and O–H groups in total. The predicted molar refractivity (Wildman–Crippen MR) is 58.4 cm³/mol. The summed E-state index contributed by atoms with van der Waals surface area (Å²) in [6.45, 7) is 2.07. The van der Waals surface area contributed by atoms with Crippen LogP contribution < -0.4 is 5.32 Å². The van der Waals surface area contributed by atoms with Crippen LogP contribution in [0, 0.1) is 0 Å². The van der Waals surface area contributed by atoms with Crippen LogP contribution in [0.5, 0.6) is 0 Å². The van der Waals surface area contributed by atoms with Crippen LogP contribution in [0.4, 0.5) is 0 Å². The molecule has 72 valence electrons. The molecule has 0 fully saturated rings. The molecule has 1 rings (SSSR count). The van der Waals surface area contributed by atoms with Crippen molar-refractivity contribution in [2.45, 2.75) is 12.8 Å². The maximum atomic E-state index is 5.56. The quantitative estimate of drug-likeness (QED) is 0.546. The van der Waals surface area contributed by atoms with E-state index >= 15 is 0 Å². The maximum Gasteiger partial charge on any atom is 0.0235 e. The Morgan fingerprint density at radius 2 is 1.85 bits per heavy atom. The molecule has 0 bridgehead atoms. The lowest BCUT2D eigenvalue weighted by molar-refractivity contribution is 0.673. The van der Waals surface area contributed by atoms with Crippen LogP contribution in [0.25, 0.3) is 0 Å². The van der Waals surface area contributed by atoms with Crippen LogP contribution in [0.3, 0.4) is 0 Å². The van der Waals surface area contributed by atoms with Crippen molar-refractivity contribution < 1.29 is 0 Å². The number of halogens is 1. The molecule has 13 heavy (non-hydrogen) atoms. The molecule has 0 radical (unpaired) electrons. The van der Waals surface area contributed by atoms with Crippen LogP contribution in [-0.2, 0) is 6.42 Å². The zero-order chi connectivity index (χ0) is 9.36. The fraction of sp³-hybridized carbons (Fsp3) is 0.455. The van der Waals surface area contributed by atoms with Gasteiger partial charge in [0, 0.05) is 5.88 Å². The molecule has 0 aromatic heterocycles. The van der Waals surface area contributed by atoms with Crippen LogP contribution in [-0.4, -0.2) is 19.0 Å². The van der Waals surface area contributed by atoms with Gasteiger partial charge in [0.25, 0.3) is 0 Å². The smallest absolute Gasteiger partial charge is 0.0235 e. The third-order valence-electron chi connectivity index (χ3n) is 1.92. The standard InChI is InChI=1S/C11H16ClN/c12-8-4-9-13-10-7-11-5-2-1-3-6-11/h1-3,5-6,13H,4,7-10H2. The molecule has 0 aliphatic rings. The summed E-state index contributed by atoms with van der Waals surface area (Å²) in [6, 6.07) is 10.5. The summed E-state index contributed by atoms with van der Waals surface area (Å²) in [4.78, 5) is 0. The molecule has 1 aromatic carbocycles. The van der Waals surface area contributed by atoms with Gasteiger partial charge in [-0.05, 0) is 31.5 Å². The van der Waals surface area contributed by atoms with Gasteiger partial charge in [-0.1, -0.05) is 30.3 Å². The SMILES string of the molecule is ClCCCNCCc1ccccc1. The number of nitrogens with one attached hydrogen (secondary N) is 1. The molecule has 1 aromatic rings. The minimum absolute atomic E-state index is 0.748. The summed E-state index contributed by atoms with van der Waals surface area (Å²) in [5, 5.41) is 3.35. The van der Waals surface area contributed by atoms with Crippen molar-refractivity contribution in [1.29, 1.82) is 0 Å². The van der Waals surface area contributed by atoms with E-state index in [9.17, 15) is 0 Å². The van der Waals surface area contributed by atoms with Gasteiger partial charge in [0.2, 0.25) is 0 Å². The van der Waals surface area contributed by atoms with Gasteiger partial charge >= 0.3 is 0 Å². The highest BCUT2D eigenvalue weighted by Crippen LogP contribution is 1.97. The molecule has 0 aliphatic heterocycles. The highest BCUT2D eigenvalue weighted by molar-refractivity contribution is 6.17. The monoisotopic (exact) mass is 197 g/mol. The summed E-state index contributed by atoms with van der Waals surface area (Å²) in [6.07, 6.45) is 2.15. The van der Waals surface area contributed by atoms with Gasteiger partial charge in [-0.3, -0.25) is 0 Å². The van der Waals surface area contributed by atoms with Gasteiger partial charge in [-0.15, -0.1) is 11.6 Å². The van der Waals surface area contributed by atoms with Crippen LogP contribution in [0.2, 0.25) is 0 Å². The third kappa shape index (κ3) is 4.91. The summed E-state index contributed by atoms with van der Waals surface area (Å²) < 4.78 is 0. The highest BCUT2D eigenvalue weighted by Gasteiger charge is 1.90. The maximum absolute atomic E-state index is 5.56. The molecule has 0 unspecified atom stereocenters. The fourth-order valence-electron chi connectivity index (χ4n) is 1.19. The first-order chi connectivity index (χ1) is 6.43. The largest absolute Gasteiger partial charge is 0.316 e. The molecule has 0 aliphatic carbocycles. The van der Waals surface area contributed by atoms with Gasteiger partial charge in [0.1, 0.15) is 0 Å². The van der Waals surface area contributed by atoms with Gasteiger partial charge < -0.3 is 5.32 Å². The lowest BCUT2D eigenvalue weighted by Crippen LogP contribution is -2.18. The Labute approximate surface area is 85.1 Å². The van der Waals surface area contributed by atoms with E-state index in [2.05, 4.69) is 29.6 Å². The Kier molecular flexibility index (Phi) is 5.62. The third-order valence-corrected chi connectivity index (χ3v) is 2.19. The summed E-state index contributed by atoms with van der Waals surface area (Å²) in [5.74, 6) is 0.748. The molecule has 2 heteroatoms. The Morgan fingerprint density at radius 3 is 2.54 bits per heavy atom. The van der Waals surface area contributed by atoms with E-state index in [4.69, 9.17) is 11.6 Å². The number of benzene rings is 1. The van der Waals surface area contributed by atoms with Crippen LogP contribution >= 0.6 is 11.6 Å². The zero-order valence-corrected chi connectivity index (χ0v) is 8.56. The van der Waals surface area contributed by atoms with E-state index in [-0.39, 0.29) is 0 Å². The topological polar surface area (TPSA) is 12.0 Å². The van der Waals surface area contributed by atoms with E-state index in [0.717, 1.165) is 31.8 Å². The predicted octanol–water partition coefficient (Wildman–Crippen LogP) is 2.45. The van der Waals surface area contributed by atoms with Crippen molar-refractivity contribution in [3.8, 4) is 0 Å². The Balaban J connectivity index is 2.07. The summed E-state index contributed by atoms with van der Waals surface area (Å²) in [7, 11) is 0. The van der Waals surface area contributed by atoms with Crippen molar-refractivity contribution in [1.82, 2.24) is 5.32 Å². The fourth-order valence-corrected chi connectivity index (χ4v) is 1.33. The molecular formula is C11H16ClN. The van der Waals surface area contributed by atoms with Gasteiger partial charge in [-0.25, -0.2) is 0 Å². The second kappa shape index (κ2) is 6.93. The first kappa shape index (κ1) is 10.6. The first-order valence-corrected chi connectivity index (χ1v) is 5.27. The zero-order valence-electron chi connectivity index (χ0n) is 7.80. The van der Waals surface area contributed by atoms with E-state index in [0.29, 0.717) is 0 Å². The van der Waals surface area contributed by atoms with Crippen molar-refractivity contribution in [3.05, 3.63) is 35.9 Å². The lowest BCUT2D eigenvalue weighted by Gasteiger charge is -2.02. The Morgan fingerprint density at radius 1 is 1.08 bits per heavy atom. The summed E-state index contributed by atoms with van der Waals surface area (Å²) in [5.41, 5.74) is 1.39. The van der Waals surface area contributed by atoms with Crippen molar-refractivity contribution in [3.63, 3.8) is 0 Å². The first-order valence-electron chi connectivity index (χ1n) is 4.74. The average molecular weight is 198 g/mol. The van der Waals surface area contributed by atoms with Gasteiger partial charge in [-0.2, -0.15) is 0 Å². The highest BCUT2D eigenvalue weighted by atomic mass is 35.5. The molecule has 0 amide bonds. The minimum atomic E-state index is 0.748. The van der Waals surface area contributed by atoms with E-state index in [1.165, 1.54) is 5.56 Å². The second-order valence-corrected chi connectivity index (χ2v) is 3.41. The summed E-state index contributed by atoms with van der Waals surface area (Å²) >= 11 is 5.56. The van der Waals surface area contributed by atoms with E-state index < -0.39 is 0 Å². The minimum Gasteiger partial charge on any atom is -0.316 e. The molecule has 0 saturated carbocycles. The van der Waals surface area contributed by atoms with Crippen molar-refractivity contribution >= 4 is 11.6 Å². The molecule has 0 spiro atoms. The second-order valence-electron chi connectivity index (χ2n) is 3.03. The number of rotatable bonds is 6. The van der Waals surface area contributed by atoms with Crippen LogP contribution in [0.1, 0.15) is 12.0 Å². The number of hydrogen-bond acceptors (Lipinski definition) is 1. The molecule has 0 heterocycles. The lowest BCUT2D eigenvalue weighted by atomic mass is 10.1. The molecule has 0 saturated heterocycles. The van der Waals surface area contributed by atoms with Gasteiger partial charge in [0.15, 0.2) is 0 Å². The van der Waals surface area contributed by atoms with Crippen LogP contribution in [0.15, 0.2) is 30.3 Å². The average Bonchev–Trinajstić information content (AvgIpc) is 2.19. The molecule has 1 nitrogen and oxygen atoms in total. The van der Waals surface area contributed by atoms with E-state index in [1.807, 2.05) is 6.07 Å². The van der Waals surface area contributed by atoms with Gasteiger partial charge in [0.05, 0.1) is 0 Å². The van der Waals surface area contributed by atoms with Crippen molar-refractivity contribution in [2.75, 3.05) is 19.0 Å². The van der Waals surface area contributed by atoms with Crippen molar-refractivity contribution in [2.24, 2.45) is 0 Å². The number of alkyl halides is 1. The Bertz CT molecular complexity index is 211. The Hall–Kier alpha value is -0.530. The number of hydrogen-bond donors (Lipinski definition) is 1. The molecule has 0 atom stereocenters. The molecular weight excluding hydrogens is 182 g/mol. The normalized spacial score (nSPS) is 10.2. The van der Waals surface area contributed by atoms with E-state index in [1.54, 1.807) is 0 Å².